The van der Waals surface area contributed by atoms with E-state index >= 15 is 0 Å². The van der Waals surface area contributed by atoms with E-state index in [-0.39, 0.29) is 18.3 Å². The quantitative estimate of drug-likeness (QED) is 0.704. The van der Waals surface area contributed by atoms with Gasteiger partial charge >= 0.3 is 6.18 Å². The number of rotatable bonds is 4. The zero-order valence-corrected chi connectivity index (χ0v) is 15.9. The SMILES string of the molecule is O=C(Nc1ccc(-n2cccn2)nc1)C1CCCN(c2ncccc2C(F)(F)F)C1. The van der Waals surface area contributed by atoms with Crippen molar-refractivity contribution in [2.24, 2.45) is 5.92 Å². The third-order valence-corrected chi connectivity index (χ3v) is 4.94. The molecule has 4 heterocycles. The van der Waals surface area contributed by atoms with Crippen LogP contribution in [0.25, 0.3) is 5.82 Å². The van der Waals surface area contributed by atoms with Gasteiger partial charge in [-0.1, -0.05) is 0 Å². The summed E-state index contributed by atoms with van der Waals surface area (Å²) < 4.78 is 41.6. The number of hydrogen-bond donors (Lipinski definition) is 1. The maximum atomic E-state index is 13.3. The van der Waals surface area contributed by atoms with Crippen molar-refractivity contribution < 1.29 is 18.0 Å². The molecule has 1 N–H and O–H groups in total. The van der Waals surface area contributed by atoms with E-state index in [2.05, 4.69) is 20.4 Å². The van der Waals surface area contributed by atoms with E-state index in [0.29, 0.717) is 30.9 Å². The van der Waals surface area contributed by atoms with Gasteiger partial charge in [-0.15, -0.1) is 0 Å². The molecule has 1 amide bonds. The number of carbonyl (C=O) groups is 1. The summed E-state index contributed by atoms with van der Waals surface area (Å²) in [6.45, 7) is 0.592. The van der Waals surface area contributed by atoms with Crippen LogP contribution < -0.4 is 10.2 Å². The molecule has 4 rings (SSSR count). The molecule has 0 aliphatic carbocycles. The molecule has 3 aromatic rings. The second kappa shape index (κ2) is 8.13. The van der Waals surface area contributed by atoms with Crippen LogP contribution in [0.5, 0.6) is 0 Å². The molecule has 0 radical (unpaired) electrons. The smallest absolute Gasteiger partial charge is 0.355 e. The van der Waals surface area contributed by atoms with Crippen LogP contribution in [-0.2, 0) is 11.0 Å². The molecule has 0 aromatic carbocycles. The highest BCUT2D eigenvalue weighted by Crippen LogP contribution is 2.36. The minimum absolute atomic E-state index is 0.132. The Morgan fingerprint density at radius 3 is 2.70 bits per heavy atom. The topological polar surface area (TPSA) is 75.9 Å². The molecule has 1 aliphatic rings. The summed E-state index contributed by atoms with van der Waals surface area (Å²) in [6, 6.07) is 7.49. The standard InChI is InChI=1S/C20H19F3N6O/c21-20(22,23)16-5-1-8-24-18(16)28-10-2-4-14(13-28)19(30)27-15-6-7-17(25-12-15)29-11-3-9-26-29/h1,3,5-9,11-12,14H,2,4,10,13H2,(H,27,30). The summed E-state index contributed by atoms with van der Waals surface area (Å²) >= 11 is 0. The third kappa shape index (κ3) is 4.27. The summed E-state index contributed by atoms with van der Waals surface area (Å²) in [7, 11) is 0. The lowest BCUT2D eigenvalue weighted by Crippen LogP contribution is -2.42. The number of nitrogens with zero attached hydrogens (tertiary/aromatic N) is 5. The second-order valence-electron chi connectivity index (χ2n) is 7.00. The first-order valence-corrected chi connectivity index (χ1v) is 9.46. The predicted molar refractivity (Wildman–Crippen MR) is 104 cm³/mol. The number of nitrogens with one attached hydrogen (secondary N) is 1. The number of aromatic nitrogens is 4. The Kier molecular flexibility index (Phi) is 5.39. The van der Waals surface area contributed by atoms with Crippen LogP contribution in [0.1, 0.15) is 18.4 Å². The lowest BCUT2D eigenvalue weighted by Gasteiger charge is -2.34. The molecule has 10 heteroatoms. The van der Waals surface area contributed by atoms with E-state index in [9.17, 15) is 18.0 Å². The van der Waals surface area contributed by atoms with Gasteiger partial charge in [0.25, 0.3) is 0 Å². The fourth-order valence-electron chi connectivity index (χ4n) is 3.50. The zero-order chi connectivity index (χ0) is 21.1. The van der Waals surface area contributed by atoms with E-state index in [1.54, 1.807) is 35.3 Å². The van der Waals surface area contributed by atoms with Gasteiger partial charge in [-0.05, 0) is 43.2 Å². The molecule has 0 saturated carbocycles. The summed E-state index contributed by atoms with van der Waals surface area (Å²) in [4.78, 5) is 22.4. The van der Waals surface area contributed by atoms with Crippen molar-refractivity contribution in [2.75, 3.05) is 23.3 Å². The minimum Gasteiger partial charge on any atom is -0.355 e. The highest BCUT2D eigenvalue weighted by molar-refractivity contribution is 5.93. The van der Waals surface area contributed by atoms with Gasteiger partial charge in [0, 0.05) is 31.7 Å². The van der Waals surface area contributed by atoms with Crippen molar-refractivity contribution in [3.8, 4) is 5.82 Å². The van der Waals surface area contributed by atoms with E-state index in [1.165, 1.54) is 23.4 Å². The van der Waals surface area contributed by atoms with Crippen molar-refractivity contribution in [3.63, 3.8) is 0 Å². The van der Waals surface area contributed by atoms with Crippen LogP contribution in [0.2, 0.25) is 0 Å². The average molecular weight is 416 g/mol. The Labute approximate surface area is 170 Å². The van der Waals surface area contributed by atoms with Crippen LogP contribution in [0.3, 0.4) is 0 Å². The van der Waals surface area contributed by atoms with Gasteiger partial charge in [0.1, 0.15) is 5.82 Å². The molecule has 0 bridgehead atoms. The van der Waals surface area contributed by atoms with Gasteiger partial charge in [0.15, 0.2) is 5.82 Å². The Bertz CT molecular complexity index is 1000. The fraction of sp³-hybridized carbons (Fsp3) is 0.300. The van der Waals surface area contributed by atoms with Gasteiger partial charge in [-0.2, -0.15) is 18.3 Å². The number of piperidine rings is 1. The number of alkyl halides is 3. The molecule has 1 unspecified atom stereocenters. The molecule has 7 nitrogen and oxygen atoms in total. The molecule has 156 valence electrons. The van der Waals surface area contributed by atoms with Gasteiger partial charge in [0.2, 0.25) is 5.91 Å². The van der Waals surface area contributed by atoms with Crippen LogP contribution in [0.4, 0.5) is 24.7 Å². The van der Waals surface area contributed by atoms with Gasteiger partial charge < -0.3 is 10.2 Å². The van der Waals surface area contributed by atoms with Crippen LogP contribution in [-0.4, -0.2) is 38.7 Å². The summed E-state index contributed by atoms with van der Waals surface area (Å²) in [5.74, 6) is -0.227. The van der Waals surface area contributed by atoms with E-state index in [0.717, 1.165) is 6.07 Å². The van der Waals surface area contributed by atoms with Crippen molar-refractivity contribution in [2.45, 2.75) is 19.0 Å². The predicted octanol–water partition coefficient (Wildman–Crippen LogP) is 3.54. The molecule has 1 saturated heterocycles. The molecule has 3 aromatic heterocycles. The Hall–Kier alpha value is -3.43. The maximum Gasteiger partial charge on any atom is 0.419 e. The number of halogens is 3. The molecule has 30 heavy (non-hydrogen) atoms. The second-order valence-corrected chi connectivity index (χ2v) is 7.00. The number of hydrogen-bond acceptors (Lipinski definition) is 5. The number of pyridine rings is 2. The largest absolute Gasteiger partial charge is 0.419 e. The van der Waals surface area contributed by atoms with Crippen LogP contribution in [0.15, 0.2) is 55.1 Å². The Morgan fingerprint density at radius 2 is 2.00 bits per heavy atom. The van der Waals surface area contributed by atoms with E-state index in [4.69, 9.17) is 0 Å². The lowest BCUT2D eigenvalue weighted by molar-refractivity contribution is -0.137. The van der Waals surface area contributed by atoms with Crippen molar-refractivity contribution >= 4 is 17.4 Å². The molecule has 1 aliphatic heterocycles. The zero-order valence-electron chi connectivity index (χ0n) is 15.9. The number of amides is 1. The van der Waals surface area contributed by atoms with Gasteiger partial charge in [-0.25, -0.2) is 14.6 Å². The minimum atomic E-state index is -4.50. The lowest BCUT2D eigenvalue weighted by atomic mass is 9.96. The molecular formula is C20H19F3N6O. The normalized spacial score (nSPS) is 17.0. The van der Waals surface area contributed by atoms with Gasteiger partial charge in [-0.3, -0.25) is 4.79 Å². The first-order chi connectivity index (χ1) is 14.4. The van der Waals surface area contributed by atoms with Crippen molar-refractivity contribution in [1.82, 2.24) is 19.7 Å². The molecule has 1 fully saturated rings. The van der Waals surface area contributed by atoms with Crippen LogP contribution >= 0.6 is 0 Å². The Balaban J connectivity index is 1.44. The number of carbonyl (C=O) groups excluding carboxylic acids is 1. The average Bonchev–Trinajstić information content (AvgIpc) is 3.29. The fourth-order valence-corrected chi connectivity index (χ4v) is 3.50. The van der Waals surface area contributed by atoms with E-state index < -0.39 is 17.7 Å². The molecule has 0 spiro atoms. The summed E-state index contributed by atoms with van der Waals surface area (Å²) in [5.41, 5.74) is -0.272. The highest BCUT2D eigenvalue weighted by atomic mass is 19.4. The summed E-state index contributed by atoms with van der Waals surface area (Å²) in [6.07, 6.45) is 2.94. The monoisotopic (exact) mass is 416 g/mol. The van der Waals surface area contributed by atoms with Crippen LogP contribution in [0, 0.1) is 5.92 Å². The van der Waals surface area contributed by atoms with E-state index in [1.807, 2.05) is 0 Å². The van der Waals surface area contributed by atoms with Crippen molar-refractivity contribution in [1.29, 1.82) is 0 Å². The summed E-state index contributed by atoms with van der Waals surface area (Å²) in [5, 5.41) is 6.89. The van der Waals surface area contributed by atoms with Gasteiger partial charge in [0.05, 0.1) is 23.4 Å². The van der Waals surface area contributed by atoms with Crippen molar-refractivity contribution in [3.05, 3.63) is 60.7 Å². The first kappa shape index (κ1) is 19.9. The maximum absolute atomic E-state index is 13.3. The Morgan fingerprint density at radius 1 is 1.13 bits per heavy atom. The molecular weight excluding hydrogens is 397 g/mol. The molecule has 1 atom stereocenters. The number of anilines is 2. The highest BCUT2D eigenvalue weighted by Gasteiger charge is 2.37. The first-order valence-electron chi connectivity index (χ1n) is 9.46. The third-order valence-electron chi connectivity index (χ3n) is 4.94.